The Labute approximate surface area is 282 Å². The zero-order chi connectivity index (χ0) is 34.5. The van der Waals surface area contributed by atoms with Gasteiger partial charge in [0.1, 0.15) is 29.9 Å². The molecule has 1 amide bonds. The number of methoxy groups -OCH3 is 1. The lowest BCUT2D eigenvalue weighted by Crippen LogP contribution is -2.45. The molecule has 0 aliphatic rings. The number of carbonyl (C=O) groups is 2. The Bertz CT molecular complexity index is 1390. The van der Waals surface area contributed by atoms with Crippen molar-refractivity contribution in [3.8, 4) is 28.4 Å². The van der Waals surface area contributed by atoms with Gasteiger partial charge in [0.15, 0.2) is 0 Å². The average molecular weight is 666 g/mol. The van der Waals surface area contributed by atoms with Gasteiger partial charge >= 0.3 is 12.1 Å². The summed E-state index contributed by atoms with van der Waals surface area (Å²) in [6, 6.07) is 16.1. The Morgan fingerprint density at radius 2 is 1.57 bits per heavy atom. The summed E-state index contributed by atoms with van der Waals surface area (Å²) in [6.45, 7) is 16.4. The molecule has 47 heavy (non-hydrogen) atoms. The lowest BCUT2D eigenvalue weighted by atomic mass is 10.0. The third-order valence-corrected chi connectivity index (χ3v) is 9.20. The van der Waals surface area contributed by atoms with E-state index in [1.165, 1.54) is 32.8 Å². The van der Waals surface area contributed by atoms with Crippen LogP contribution in [0.5, 0.6) is 5.75 Å². The average Bonchev–Trinajstić information content (AvgIpc) is 3.43. The number of hydrogen-bond acceptors (Lipinski definition) is 7. The van der Waals surface area contributed by atoms with Crippen molar-refractivity contribution in [3.05, 3.63) is 60.3 Å². The van der Waals surface area contributed by atoms with Gasteiger partial charge in [-0.2, -0.15) is 0 Å². The standard InChI is InChI=1S/C37H55N3O6Si/c1-9-10-11-12-13-22-45-31-20-18-29(19-21-31)33-26-40(27-44-23-24-47(6,7)8)34(38-33)30-16-14-28(15-17-30)25-32(35(41)43-5)39-36(42)46-37(2,3)4/h14-21,26,32H,9-13,22-25,27H2,1-8H3,(H,39,42)/t32-/m0/s1. The summed E-state index contributed by atoms with van der Waals surface area (Å²) in [5.41, 5.74) is 2.91. The number of rotatable bonds is 18. The minimum atomic E-state index is -1.23. The van der Waals surface area contributed by atoms with E-state index < -0.39 is 31.8 Å². The van der Waals surface area contributed by atoms with Crippen LogP contribution in [0.1, 0.15) is 65.4 Å². The molecule has 0 spiro atoms. The molecule has 0 saturated heterocycles. The summed E-state index contributed by atoms with van der Waals surface area (Å²) >= 11 is 0. The number of amides is 1. The quantitative estimate of drug-likeness (QED) is 0.0826. The third kappa shape index (κ3) is 13.6. The molecule has 9 nitrogen and oxygen atoms in total. The van der Waals surface area contributed by atoms with Crippen LogP contribution in [-0.4, -0.2) is 61.7 Å². The van der Waals surface area contributed by atoms with E-state index in [0.29, 0.717) is 13.3 Å². The number of benzene rings is 2. The van der Waals surface area contributed by atoms with Crippen molar-refractivity contribution in [2.24, 2.45) is 0 Å². The fraction of sp³-hybridized carbons (Fsp3) is 0.541. The predicted octanol–water partition coefficient (Wildman–Crippen LogP) is 8.49. The zero-order valence-corrected chi connectivity index (χ0v) is 30.7. The minimum Gasteiger partial charge on any atom is -0.494 e. The van der Waals surface area contributed by atoms with Gasteiger partial charge in [-0.05, 0) is 63.1 Å². The molecule has 1 aromatic heterocycles. The lowest BCUT2D eigenvalue weighted by molar-refractivity contribution is -0.143. The Morgan fingerprint density at radius 3 is 2.19 bits per heavy atom. The van der Waals surface area contributed by atoms with Gasteiger partial charge in [0.25, 0.3) is 0 Å². The molecule has 0 saturated carbocycles. The van der Waals surface area contributed by atoms with Crippen LogP contribution in [0, 0.1) is 0 Å². The lowest BCUT2D eigenvalue weighted by Gasteiger charge is -2.22. The molecule has 3 aromatic rings. The van der Waals surface area contributed by atoms with Crippen molar-refractivity contribution < 1.29 is 28.5 Å². The van der Waals surface area contributed by atoms with E-state index in [1.807, 2.05) is 59.3 Å². The Kier molecular flexibility index (Phi) is 14.5. The van der Waals surface area contributed by atoms with E-state index in [1.54, 1.807) is 20.8 Å². The number of nitrogens with one attached hydrogen (secondary N) is 1. The number of aromatic nitrogens is 2. The highest BCUT2D eigenvalue weighted by Gasteiger charge is 2.25. The van der Waals surface area contributed by atoms with Crippen LogP contribution < -0.4 is 10.1 Å². The van der Waals surface area contributed by atoms with Crippen molar-refractivity contribution in [2.45, 2.75) is 110 Å². The van der Waals surface area contributed by atoms with Crippen LogP contribution in [0.2, 0.25) is 25.7 Å². The molecule has 0 unspecified atom stereocenters. The minimum absolute atomic E-state index is 0.249. The molecule has 0 aliphatic carbocycles. The highest BCUT2D eigenvalue weighted by atomic mass is 28.3. The van der Waals surface area contributed by atoms with Crippen LogP contribution in [0.25, 0.3) is 22.6 Å². The Hall–Kier alpha value is -3.63. The van der Waals surface area contributed by atoms with Crippen LogP contribution >= 0.6 is 0 Å². The first-order valence-corrected chi connectivity index (χ1v) is 20.5. The topological polar surface area (TPSA) is 101 Å². The van der Waals surface area contributed by atoms with Crippen LogP contribution in [0.4, 0.5) is 4.79 Å². The van der Waals surface area contributed by atoms with Gasteiger partial charge in [-0.15, -0.1) is 0 Å². The summed E-state index contributed by atoms with van der Waals surface area (Å²) in [5, 5.41) is 2.64. The maximum Gasteiger partial charge on any atom is 0.408 e. The summed E-state index contributed by atoms with van der Waals surface area (Å²) in [4.78, 5) is 29.9. The van der Waals surface area contributed by atoms with Crippen LogP contribution in [-0.2, 0) is 32.2 Å². The molecule has 0 radical (unpaired) electrons. The van der Waals surface area contributed by atoms with Gasteiger partial charge < -0.3 is 28.8 Å². The molecule has 0 fully saturated rings. The fourth-order valence-corrected chi connectivity index (χ4v) is 5.61. The van der Waals surface area contributed by atoms with Gasteiger partial charge in [-0.25, -0.2) is 14.6 Å². The Morgan fingerprint density at radius 1 is 0.915 bits per heavy atom. The highest BCUT2D eigenvalue weighted by molar-refractivity contribution is 6.76. The molecule has 1 atom stereocenters. The monoisotopic (exact) mass is 665 g/mol. The molecule has 1 heterocycles. The molecule has 0 bridgehead atoms. The van der Waals surface area contributed by atoms with Gasteiger partial charge in [0, 0.05) is 38.4 Å². The van der Waals surface area contributed by atoms with Gasteiger partial charge in [-0.1, -0.05) is 76.5 Å². The van der Waals surface area contributed by atoms with E-state index in [4.69, 9.17) is 23.9 Å². The van der Waals surface area contributed by atoms with E-state index in [-0.39, 0.29) is 6.42 Å². The smallest absolute Gasteiger partial charge is 0.408 e. The molecular formula is C37H55N3O6Si. The van der Waals surface area contributed by atoms with Crippen molar-refractivity contribution in [3.63, 3.8) is 0 Å². The largest absolute Gasteiger partial charge is 0.494 e. The summed E-state index contributed by atoms with van der Waals surface area (Å²) in [7, 11) is 0.0737. The molecule has 1 N–H and O–H groups in total. The van der Waals surface area contributed by atoms with E-state index in [9.17, 15) is 9.59 Å². The van der Waals surface area contributed by atoms with Crippen molar-refractivity contribution in [2.75, 3.05) is 20.3 Å². The first-order valence-electron chi connectivity index (χ1n) is 16.8. The highest BCUT2D eigenvalue weighted by Crippen LogP contribution is 2.27. The normalized spacial score (nSPS) is 12.4. The van der Waals surface area contributed by atoms with Crippen molar-refractivity contribution >= 4 is 20.1 Å². The molecule has 10 heteroatoms. The number of hydrogen-bond donors (Lipinski definition) is 1. The number of ether oxygens (including phenoxy) is 4. The van der Waals surface area contributed by atoms with Gasteiger partial charge in [0.2, 0.25) is 0 Å². The number of alkyl carbamates (subject to hydrolysis) is 1. The predicted molar refractivity (Wildman–Crippen MR) is 190 cm³/mol. The second kappa shape index (κ2) is 18.1. The van der Waals surface area contributed by atoms with E-state index in [2.05, 4.69) is 31.9 Å². The van der Waals surface area contributed by atoms with Crippen LogP contribution in [0.15, 0.2) is 54.7 Å². The fourth-order valence-electron chi connectivity index (χ4n) is 4.85. The molecule has 0 aliphatic heterocycles. The van der Waals surface area contributed by atoms with Crippen LogP contribution in [0.3, 0.4) is 0 Å². The molecule has 3 rings (SSSR count). The first kappa shape index (κ1) is 37.8. The van der Waals surface area contributed by atoms with Gasteiger partial charge in [-0.3, -0.25) is 0 Å². The molecule has 2 aromatic carbocycles. The zero-order valence-electron chi connectivity index (χ0n) is 29.7. The number of unbranched alkanes of at least 4 members (excludes halogenated alkanes) is 4. The third-order valence-electron chi connectivity index (χ3n) is 7.50. The van der Waals surface area contributed by atoms with Gasteiger partial charge in [0.05, 0.1) is 19.4 Å². The number of nitrogens with zero attached hydrogens (tertiary/aromatic N) is 2. The maximum absolute atomic E-state index is 12.5. The summed E-state index contributed by atoms with van der Waals surface area (Å²) in [6.07, 6.45) is 7.64. The van der Waals surface area contributed by atoms with Crippen molar-refractivity contribution in [1.82, 2.24) is 14.9 Å². The van der Waals surface area contributed by atoms with Crippen molar-refractivity contribution in [1.29, 1.82) is 0 Å². The SMILES string of the molecule is CCCCCCCOc1ccc(-c2cn(COCC[Si](C)(C)C)c(-c3ccc(C[C@H](NC(=O)OC(C)(C)C)C(=O)OC)cc3)n2)cc1. The summed E-state index contributed by atoms with van der Waals surface area (Å²) in [5.74, 6) is 1.10. The molecular weight excluding hydrogens is 611 g/mol. The molecule has 258 valence electrons. The van der Waals surface area contributed by atoms with E-state index in [0.717, 1.165) is 53.0 Å². The second-order valence-corrected chi connectivity index (χ2v) is 19.8. The van der Waals surface area contributed by atoms with E-state index >= 15 is 0 Å². The number of imidazole rings is 1. The second-order valence-electron chi connectivity index (χ2n) is 14.2. The maximum atomic E-state index is 12.5. The Balaban J connectivity index is 1.77. The summed E-state index contributed by atoms with van der Waals surface area (Å²) < 4.78 is 24.4. The first-order chi connectivity index (χ1) is 22.3. The number of esters is 1. The number of carbonyl (C=O) groups excluding carboxylic acids is 2.